The molecular formula is C22H14BrNO4S2. The summed E-state index contributed by atoms with van der Waals surface area (Å²) in [5, 5.41) is 4.33. The quantitative estimate of drug-likeness (QED) is 0.227. The van der Waals surface area contributed by atoms with Gasteiger partial charge in [-0.25, -0.2) is 4.79 Å². The first-order valence-corrected chi connectivity index (χ1v) is 10.8. The molecule has 3 aromatic carbocycles. The molecule has 1 N–H and O–H groups in total. The number of ether oxygens (including phenoxy) is 2. The van der Waals surface area contributed by atoms with Crippen LogP contribution in [0.2, 0.25) is 0 Å². The van der Waals surface area contributed by atoms with E-state index in [0.29, 0.717) is 30.6 Å². The Hall–Kier alpha value is -2.68. The van der Waals surface area contributed by atoms with Gasteiger partial charge in [0.25, 0.3) is 5.91 Å². The standard InChI is InChI=1S/C22H14BrNO4S2/c1-27-17-10-12(11-18-20(25)24-22(29)30-18)9-16(23)19(17)28-21(26)15-8-4-6-13-5-2-3-7-14(13)15/h2-11H,1H3,(H,24,25,29)/b18-11-. The van der Waals surface area contributed by atoms with Crippen molar-refractivity contribution < 1.29 is 19.1 Å². The molecule has 0 saturated carbocycles. The van der Waals surface area contributed by atoms with Gasteiger partial charge < -0.3 is 14.8 Å². The molecule has 150 valence electrons. The molecule has 5 nitrogen and oxygen atoms in total. The molecule has 1 heterocycles. The molecule has 8 heteroatoms. The predicted octanol–water partition coefficient (Wildman–Crippen LogP) is 5.32. The third kappa shape index (κ3) is 4.12. The zero-order valence-electron chi connectivity index (χ0n) is 15.6. The number of hydrogen-bond acceptors (Lipinski definition) is 6. The molecular weight excluding hydrogens is 486 g/mol. The second kappa shape index (κ2) is 8.59. The van der Waals surface area contributed by atoms with E-state index in [2.05, 4.69) is 21.2 Å². The minimum Gasteiger partial charge on any atom is -0.493 e. The zero-order chi connectivity index (χ0) is 21.3. The summed E-state index contributed by atoms with van der Waals surface area (Å²) < 4.78 is 12.1. The maximum Gasteiger partial charge on any atom is 0.344 e. The van der Waals surface area contributed by atoms with Crippen molar-refractivity contribution in [2.45, 2.75) is 0 Å². The molecule has 1 saturated heterocycles. The highest BCUT2D eigenvalue weighted by Crippen LogP contribution is 2.39. The van der Waals surface area contributed by atoms with E-state index in [1.165, 1.54) is 18.9 Å². The van der Waals surface area contributed by atoms with E-state index in [0.717, 1.165) is 10.8 Å². The molecule has 1 aliphatic heterocycles. The zero-order valence-corrected chi connectivity index (χ0v) is 18.8. The van der Waals surface area contributed by atoms with Gasteiger partial charge in [-0.3, -0.25) is 4.79 Å². The van der Waals surface area contributed by atoms with Gasteiger partial charge in [-0.2, -0.15) is 0 Å². The summed E-state index contributed by atoms with van der Waals surface area (Å²) in [5.41, 5.74) is 1.16. The minimum atomic E-state index is -0.493. The van der Waals surface area contributed by atoms with E-state index >= 15 is 0 Å². The first kappa shape index (κ1) is 20.6. The summed E-state index contributed by atoms with van der Waals surface area (Å²) in [5.74, 6) is -0.119. The van der Waals surface area contributed by atoms with Gasteiger partial charge in [0.2, 0.25) is 0 Å². The SMILES string of the molecule is COc1cc(/C=C2\SC(=S)NC2=O)cc(Br)c1OC(=O)c1cccc2ccccc12. The third-order valence-electron chi connectivity index (χ3n) is 4.40. The van der Waals surface area contributed by atoms with E-state index in [9.17, 15) is 9.59 Å². The van der Waals surface area contributed by atoms with Gasteiger partial charge in [0.1, 0.15) is 4.32 Å². The van der Waals surface area contributed by atoms with Crippen molar-refractivity contribution >= 4 is 73.0 Å². The molecule has 3 aromatic rings. The Morgan fingerprint density at radius 3 is 2.67 bits per heavy atom. The van der Waals surface area contributed by atoms with Gasteiger partial charge in [-0.1, -0.05) is 60.4 Å². The van der Waals surface area contributed by atoms with Crippen LogP contribution in [0.4, 0.5) is 0 Å². The monoisotopic (exact) mass is 499 g/mol. The van der Waals surface area contributed by atoms with Crippen LogP contribution in [0.15, 0.2) is 64.0 Å². The third-order valence-corrected chi connectivity index (χ3v) is 6.15. The number of thioether (sulfide) groups is 1. The molecule has 0 radical (unpaired) electrons. The lowest BCUT2D eigenvalue weighted by Gasteiger charge is -2.13. The van der Waals surface area contributed by atoms with Crippen molar-refractivity contribution in [3.8, 4) is 11.5 Å². The lowest BCUT2D eigenvalue weighted by atomic mass is 10.0. The summed E-state index contributed by atoms with van der Waals surface area (Å²) in [6.07, 6.45) is 1.70. The van der Waals surface area contributed by atoms with Gasteiger partial charge in [0.15, 0.2) is 11.5 Å². The molecule has 4 rings (SSSR count). The summed E-state index contributed by atoms with van der Waals surface area (Å²) in [4.78, 5) is 25.3. The maximum atomic E-state index is 12.9. The van der Waals surface area contributed by atoms with Gasteiger partial charge in [0, 0.05) is 0 Å². The Morgan fingerprint density at radius 1 is 1.17 bits per heavy atom. The number of carbonyl (C=O) groups excluding carboxylic acids is 2. The minimum absolute atomic E-state index is 0.244. The number of esters is 1. The fourth-order valence-electron chi connectivity index (χ4n) is 3.05. The van der Waals surface area contributed by atoms with Crippen molar-refractivity contribution in [3.05, 3.63) is 75.1 Å². The molecule has 1 aliphatic rings. The van der Waals surface area contributed by atoms with Gasteiger partial charge >= 0.3 is 5.97 Å². The molecule has 30 heavy (non-hydrogen) atoms. The number of methoxy groups -OCH3 is 1. The lowest BCUT2D eigenvalue weighted by molar-refractivity contribution is -0.115. The molecule has 1 fully saturated rings. The Kier molecular flexibility index (Phi) is 5.90. The summed E-state index contributed by atoms with van der Waals surface area (Å²) >= 11 is 9.65. The molecule has 0 spiro atoms. The van der Waals surface area contributed by atoms with Crippen LogP contribution in [0.25, 0.3) is 16.8 Å². The van der Waals surface area contributed by atoms with Crippen molar-refractivity contribution in [2.24, 2.45) is 0 Å². The van der Waals surface area contributed by atoms with Crippen molar-refractivity contribution in [1.29, 1.82) is 0 Å². The van der Waals surface area contributed by atoms with Crippen molar-refractivity contribution in [3.63, 3.8) is 0 Å². The Labute approximate surface area is 190 Å². The number of carbonyl (C=O) groups is 2. The molecule has 0 atom stereocenters. The smallest absolute Gasteiger partial charge is 0.344 e. The highest BCUT2D eigenvalue weighted by Gasteiger charge is 2.23. The second-order valence-electron chi connectivity index (χ2n) is 6.30. The fourth-order valence-corrected chi connectivity index (χ4v) is 4.63. The topological polar surface area (TPSA) is 64.6 Å². The van der Waals surface area contributed by atoms with Crippen molar-refractivity contribution in [1.82, 2.24) is 5.32 Å². The summed E-state index contributed by atoms with van der Waals surface area (Å²) in [7, 11) is 1.49. The van der Waals surface area contributed by atoms with Crippen LogP contribution in [0.1, 0.15) is 15.9 Å². The number of benzene rings is 3. The molecule has 0 unspecified atom stereocenters. The van der Waals surface area contributed by atoms with Gasteiger partial charge in [-0.05, 0) is 56.5 Å². The summed E-state index contributed by atoms with van der Waals surface area (Å²) in [6, 6.07) is 16.5. The molecule has 0 aliphatic carbocycles. The number of rotatable bonds is 4. The average molecular weight is 500 g/mol. The predicted molar refractivity (Wildman–Crippen MR) is 126 cm³/mol. The van der Waals surface area contributed by atoms with Crippen molar-refractivity contribution in [2.75, 3.05) is 7.11 Å². The van der Waals surface area contributed by atoms with Crippen LogP contribution in [0, 0.1) is 0 Å². The number of fused-ring (bicyclic) bond motifs is 1. The van der Waals surface area contributed by atoms with Crippen LogP contribution in [-0.4, -0.2) is 23.3 Å². The van der Waals surface area contributed by atoms with Crippen LogP contribution < -0.4 is 14.8 Å². The Morgan fingerprint density at radius 2 is 1.93 bits per heavy atom. The number of amides is 1. The molecule has 0 bridgehead atoms. The van der Waals surface area contributed by atoms with Gasteiger partial charge in [-0.15, -0.1) is 0 Å². The number of nitrogens with one attached hydrogen (secondary N) is 1. The second-order valence-corrected chi connectivity index (χ2v) is 8.88. The summed E-state index contributed by atoms with van der Waals surface area (Å²) in [6.45, 7) is 0. The van der Waals surface area contributed by atoms with Gasteiger partial charge in [0.05, 0.1) is 22.1 Å². The fraction of sp³-hybridized carbons (Fsp3) is 0.0455. The molecule has 0 aromatic heterocycles. The van der Waals surface area contributed by atoms with E-state index in [1.54, 1.807) is 24.3 Å². The number of thiocarbonyl (C=S) groups is 1. The number of halogens is 1. The van der Waals surface area contributed by atoms with E-state index < -0.39 is 5.97 Å². The van der Waals surface area contributed by atoms with Crippen LogP contribution in [0.3, 0.4) is 0 Å². The normalized spacial score (nSPS) is 14.8. The van der Waals surface area contributed by atoms with E-state index in [-0.39, 0.29) is 11.7 Å². The first-order valence-electron chi connectivity index (χ1n) is 8.78. The lowest BCUT2D eigenvalue weighted by Crippen LogP contribution is -2.17. The van der Waals surface area contributed by atoms with Crippen LogP contribution >= 0.6 is 39.9 Å². The maximum absolute atomic E-state index is 12.9. The Balaban J connectivity index is 1.67. The Bertz CT molecular complexity index is 1230. The first-order chi connectivity index (χ1) is 14.5. The van der Waals surface area contributed by atoms with E-state index in [1.807, 2.05) is 36.4 Å². The largest absolute Gasteiger partial charge is 0.493 e. The highest BCUT2D eigenvalue weighted by atomic mass is 79.9. The van der Waals surface area contributed by atoms with Crippen LogP contribution in [-0.2, 0) is 4.79 Å². The van der Waals surface area contributed by atoms with E-state index in [4.69, 9.17) is 21.7 Å². The highest BCUT2D eigenvalue weighted by molar-refractivity contribution is 9.10. The number of hydrogen-bond donors (Lipinski definition) is 1. The molecule has 1 amide bonds. The average Bonchev–Trinajstić information content (AvgIpc) is 3.05. The van der Waals surface area contributed by atoms with Crippen LogP contribution in [0.5, 0.6) is 11.5 Å².